The fourth-order valence-corrected chi connectivity index (χ4v) is 3.71. The van der Waals surface area contributed by atoms with Crippen molar-refractivity contribution >= 4 is 11.2 Å². The molecule has 1 heterocycles. The molecule has 0 aromatic heterocycles. The molecule has 0 amide bonds. The molecule has 22 heavy (non-hydrogen) atoms. The van der Waals surface area contributed by atoms with Crippen LogP contribution in [-0.2, 0) is 23.4 Å². The summed E-state index contributed by atoms with van der Waals surface area (Å²) in [6.45, 7) is 0.698. The van der Waals surface area contributed by atoms with Crippen molar-refractivity contribution in [2.24, 2.45) is 0 Å². The Morgan fingerprint density at radius 2 is 1.95 bits per heavy atom. The van der Waals surface area contributed by atoms with Gasteiger partial charge in [0.1, 0.15) is 18.5 Å². The van der Waals surface area contributed by atoms with Crippen molar-refractivity contribution in [3.05, 3.63) is 59.2 Å². The van der Waals surface area contributed by atoms with E-state index in [-0.39, 0.29) is 0 Å². The van der Waals surface area contributed by atoms with Crippen molar-refractivity contribution in [1.29, 1.82) is 0 Å². The van der Waals surface area contributed by atoms with Crippen LogP contribution in [0.4, 0.5) is 0 Å². The lowest BCUT2D eigenvalue weighted by Gasteiger charge is -2.30. The van der Waals surface area contributed by atoms with E-state index in [1.807, 2.05) is 36.4 Å². The second kappa shape index (κ2) is 5.93. The summed E-state index contributed by atoms with van der Waals surface area (Å²) in [4.78, 5) is 0.611. The maximum Gasteiger partial charge on any atom is 0.194 e. The summed E-state index contributed by atoms with van der Waals surface area (Å²) in [5, 5.41) is 14.5. The van der Waals surface area contributed by atoms with Gasteiger partial charge < -0.3 is 19.7 Å². The summed E-state index contributed by atoms with van der Waals surface area (Å²) in [7, 11) is 1.80. The van der Waals surface area contributed by atoms with Gasteiger partial charge in [0, 0.05) is 12.1 Å². The second-order valence-electron chi connectivity index (χ2n) is 5.42. The van der Waals surface area contributed by atoms with Crippen molar-refractivity contribution in [2.45, 2.75) is 17.1 Å². The summed E-state index contributed by atoms with van der Waals surface area (Å²) >= 11 is -1.19. The van der Waals surface area contributed by atoms with Crippen LogP contribution in [0.25, 0.3) is 0 Å². The number of likely N-dealkylation sites (N-methyl/N-ethyl adjacent to an activating group) is 1. The summed E-state index contributed by atoms with van der Waals surface area (Å²) in [6.07, 6.45) is 1.62. The number of benzene rings is 2. The number of para-hydroxylation sites is 1. The Balaban J connectivity index is 2.27. The number of aliphatic hydroxyl groups is 1. The summed E-state index contributed by atoms with van der Waals surface area (Å²) < 4.78 is 17.9. The van der Waals surface area contributed by atoms with E-state index < -0.39 is 16.8 Å². The van der Waals surface area contributed by atoms with E-state index in [2.05, 4.69) is 5.32 Å². The van der Waals surface area contributed by atoms with E-state index in [4.69, 9.17) is 4.74 Å². The molecule has 5 heteroatoms. The van der Waals surface area contributed by atoms with Crippen LogP contribution in [0.1, 0.15) is 16.7 Å². The highest BCUT2D eigenvalue weighted by Crippen LogP contribution is 2.43. The molecule has 0 fully saturated rings. The van der Waals surface area contributed by atoms with Crippen LogP contribution >= 0.6 is 0 Å². The van der Waals surface area contributed by atoms with Crippen molar-refractivity contribution in [3.8, 4) is 5.75 Å². The molecule has 4 nitrogen and oxygen atoms in total. The Bertz CT molecular complexity index is 689. The van der Waals surface area contributed by atoms with Crippen LogP contribution in [0.15, 0.2) is 47.4 Å². The summed E-state index contributed by atoms with van der Waals surface area (Å²) in [6, 6.07) is 13.1. The van der Waals surface area contributed by atoms with Gasteiger partial charge in [-0.05, 0) is 35.4 Å². The molecule has 2 N–H and O–H groups in total. The Morgan fingerprint density at radius 1 is 1.23 bits per heavy atom. The van der Waals surface area contributed by atoms with E-state index in [1.165, 1.54) is 0 Å². The Labute approximate surface area is 133 Å². The van der Waals surface area contributed by atoms with Gasteiger partial charge in [-0.15, -0.1) is 0 Å². The van der Waals surface area contributed by atoms with E-state index in [9.17, 15) is 9.66 Å². The topological polar surface area (TPSA) is 64.5 Å². The largest absolute Gasteiger partial charge is 0.612 e. The molecule has 1 aliphatic heterocycles. The molecule has 0 saturated carbocycles. The van der Waals surface area contributed by atoms with Crippen molar-refractivity contribution in [3.63, 3.8) is 0 Å². The van der Waals surface area contributed by atoms with Gasteiger partial charge in [-0.1, -0.05) is 36.4 Å². The lowest BCUT2D eigenvalue weighted by molar-refractivity contribution is 0.0812. The first-order valence-electron chi connectivity index (χ1n) is 7.13. The fourth-order valence-electron chi connectivity index (χ4n) is 3.01. The lowest BCUT2D eigenvalue weighted by atomic mass is 9.84. The summed E-state index contributed by atoms with van der Waals surface area (Å²) in [5.74, 6) is 0.525. The Kier molecular flexibility index (Phi) is 4.14. The van der Waals surface area contributed by atoms with Crippen molar-refractivity contribution < 1.29 is 14.4 Å². The standard InChI is InChI=1S/C17H19NO3S/c1-18-11-17(19)13-7-4-3-6-12(13)10-21-16-14(17)8-5-9-15(16)22(2)20/h3-9,18-19H,10-11H2,1-2H3. The molecular weight excluding hydrogens is 298 g/mol. The van der Waals surface area contributed by atoms with Gasteiger partial charge in [-0.25, -0.2) is 0 Å². The molecule has 0 aliphatic carbocycles. The first kappa shape index (κ1) is 15.4. The zero-order valence-electron chi connectivity index (χ0n) is 12.6. The zero-order chi connectivity index (χ0) is 15.7. The van der Waals surface area contributed by atoms with E-state index in [1.54, 1.807) is 19.4 Å². The highest BCUT2D eigenvalue weighted by atomic mass is 32.2. The number of hydrogen-bond donors (Lipinski definition) is 2. The monoisotopic (exact) mass is 317 g/mol. The number of nitrogens with one attached hydrogen (secondary N) is 1. The predicted molar refractivity (Wildman–Crippen MR) is 86.5 cm³/mol. The van der Waals surface area contributed by atoms with Gasteiger partial charge in [0.05, 0.1) is 0 Å². The van der Waals surface area contributed by atoms with Gasteiger partial charge in [0.2, 0.25) is 0 Å². The number of fused-ring (bicyclic) bond motifs is 2. The molecule has 0 saturated heterocycles. The smallest absolute Gasteiger partial charge is 0.194 e. The van der Waals surface area contributed by atoms with E-state index in [0.717, 1.165) is 11.1 Å². The molecular formula is C17H19NO3S. The minimum atomic E-state index is -1.22. The van der Waals surface area contributed by atoms with Crippen LogP contribution in [0.5, 0.6) is 5.75 Å². The number of ether oxygens (including phenoxy) is 1. The molecule has 0 bridgehead atoms. The SMILES string of the molecule is CNCC1(O)c2ccccc2COc2c([S+](C)[O-])cccc21. The zero-order valence-corrected chi connectivity index (χ0v) is 13.4. The minimum Gasteiger partial charge on any atom is -0.612 e. The highest BCUT2D eigenvalue weighted by molar-refractivity contribution is 7.90. The first-order chi connectivity index (χ1) is 10.6. The Morgan fingerprint density at radius 3 is 2.68 bits per heavy atom. The van der Waals surface area contributed by atoms with Gasteiger partial charge in [0.25, 0.3) is 0 Å². The fraction of sp³-hybridized carbons (Fsp3) is 0.294. The van der Waals surface area contributed by atoms with Crippen LogP contribution in [0, 0.1) is 0 Å². The first-order valence-corrected chi connectivity index (χ1v) is 8.69. The molecule has 1 aliphatic rings. The molecule has 2 unspecified atom stereocenters. The normalized spacial score (nSPS) is 21.3. The van der Waals surface area contributed by atoms with Gasteiger partial charge in [-0.3, -0.25) is 0 Å². The summed E-state index contributed by atoms with van der Waals surface area (Å²) in [5.41, 5.74) is 1.19. The van der Waals surface area contributed by atoms with Crippen molar-refractivity contribution in [2.75, 3.05) is 19.8 Å². The lowest BCUT2D eigenvalue weighted by Crippen LogP contribution is -2.38. The van der Waals surface area contributed by atoms with Gasteiger partial charge in [0.15, 0.2) is 10.6 Å². The molecule has 0 spiro atoms. The third-order valence-corrected chi connectivity index (χ3v) is 4.94. The average Bonchev–Trinajstić information content (AvgIpc) is 2.64. The molecule has 2 aromatic carbocycles. The Hall–Kier alpha value is -1.53. The third kappa shape index (κ3) is 2.40. The van der Waals surface area contributed by atoms with E-state index in [0.29, 0.717) is 29.4 Å². The van der Waals surface area contributed by atoms with Gasteiger partial charge in [-0.2, -0.15) is 0 Å². The van der Waals surface area contributed by atoms with Crippen LogP contribution in [0.3, 0.4) is 0 Å². The minimum absolute atomic E-state index is 0.347. The molecule has 2 atom stereocenters. The second-order valence-corrected chi connectivity index (χ2v) is 6.77. The molecule has 0 radical (unpaired) electrons. The number of rotatable bonds is 3. The molecule has 2 aromatic rings. The van der Waals surface area contributed by atoms with Crippen molar-refractivity contribution in [1.82, 2.24) is 5.32 Å². The van der Waals surface area contributed by atoms with Gasteiger partial charge >= 0.3 is 0 Å². The third-order valence-electron chi connectivity index (χ3n) is 4.00. The average molecular weight is 317 g/mol. The number of hydrogen-bond acceptors (Lipinski definition) is 4. The quantitative estimate of drug-likeness (QED) is 0.847. The molecule has 116 valence electrons. The maximum atomic E-state index is 12.0. The van der Waals surface area contributed by atoms with Crippen LogP contribution < -0.4 is 10.1 Å². The highest BCUT2D eigenvalue weighted by Gasteiger charge is 2.39. The van der Waals surface area contributed by atoms with Crippen LogP contribution in [0.2, 0.25) is 0 Å². The predicted octanol–water partition coefficient (Wildman–Crippen LogP) is 1.77. The van der Waals surface area contributed by atoms with Crippen LogP contribution in [-0.4, -0.2) is 29.5 Å². The molecule has 3 rings (SSSR count). The van der Waals surface area contributed by atoms with E-state index >= 15 is 0 Å². The maximum absolute atomic E-state index is 12.0.